The predicted octanol–water partition coefficient (Wildman–Crippen LogP) is 6.38. The summed E-state index contributed by atoms with van der Waals surface area (Å²) in [6.07, 6.45) is 2.69. The summed E-state index contributed by atoms with van der Waals surface area (Å²) >= 11 is 0. The number of benzene rings is 3. The molecule has 0 radical (unpaired) electrons. The maximum atomic E-state index is 13.5. The van der Waals surface area contributed by atoms with Gasteiger partial charge in [0.05, 0.1) is 20.3 Å². The first-order valence-corrected chi connectivity index (χ1v) is 13.5. The van der Waals surface area contributed by atoms with Gasteiger partial charge < -0.3 is 18.9 Å². The molecule has 3 aromatic carbocycles. The summed E-state index contributed by atoms with van der Waals surface area (Å²) in [4.78, 5) is 15.5. The largest absolute Gasteiger partial charge is 0.497 e. The Labute approximate surface area is 226 Å². The van der Waals surface area contributed by atoms with Crippen molar-refractivity contribution < 1.29 is 14.3 Å². The second-order valence-electron chi connectivity index (χ2n) is 11.2. The fourth-order valence-electron chi connectivity index (χ4n) is 5.35. The molecule has 1 aromatic heterocycles. The maximum Gasteiger partial charge on any atom is 0.223 e. The molecule has 1 fully saturated rings. The molecule has 1 atom stereocenters. The van der Waals surface area contributed by atoms with Crippen LogP contribution in [0.15, 0.2) is 79.0 Å². The van der Waals surface area contributed by atoms with E-state index in [-0.39, 0.29) is 17.2 Å². The zero-order valence-corrected chi connectivity index (χ0v) is 22.9. The quantitative estimate of drug-likeness (QED) is 0.290. The summed E-state index contributed by atoms with van der Waals surface area (Å²) in [7, 11) is 1.69. The second kappa shape index (κ2) is 11.0. The number of carbonyl (C=O) groups is 1. The lowest BCUT2D eigenvalue weighted by atomic mass is 9.83. The van der Waals surface area contributed by atoms with E-state index in [1.54, 1.807) is 7.11 Å². The average Bonchev–Trinajstić information content (AvgIpc) is 3.30. The number of para-hydroxylation sites is 1. The van der Waals surface area contributed by atoms with Crippen LogP contribution in [-0.2, 0) is 21.5 Å². The molecule has 198 valence electrons. The van der Waals surface area contributed by atoms with Gasteiger partial charge in [-0.15, -0.1) is 0 Å². The van der Waals surface area contributed by atoms with Crippen molar-refractivity contribution >= 4 is 16.8 Å². The SMILES string of the molecule is COc1ccc(Cn2cc([C@@H](CC(=O)N3CCOCC3)c3ccc(C(C)(C)C)cc3)c3ccccc32)cc1. The second-order valence-corrected chi connectivity index (χ2v) is 11.2. The number of amides is 1. The number of rotatable bonds is 7. The number of methoxy groups -OCH3 is 1. The lowest BCUT2D eigenvalue weighted by Gasteiger charge is -2.29. The minimum absolute atomic E-state index is 0.0404. The zero-order valence-electron chi connectivity index (χ0n) is 22.9. The highest BCUT2D eigenvalue weighted by Crippen LogP contribution is 2.36. The van der Waals surface area contributed by atoms with Crippen LogP contribution < -0.4 is 4.74 Å². The van der Waals surface area contributed by atoms with E-state index in [9.17, 15) is 4.79 Å². The molecule has 0 spiro atoms. The van der Waals surface area contributed by atoms with Crippen molar-refractivity contribution in [1.82, 2.24) is 9.47 Å². The molecule has 5 rings (SSSR count). The lowest BCUT2D eigenvalue weighted by molar-refractivity contribution is -0.135. The Morgan fingerprint density at radius 1 is 0.947 bits per heavy atom. The fourth-order valence-corrected chi connectivity index (χ4v) is 5.35. The summed E-state index contributed by atoms with van der Waals surface area (Å²) in [5.74, 6) is 0.999. The molecule has 0 saturated carbocycles. The maximum absolute atomic E-state index is 13.5. The molecule has 4 aromatic rings. The summed E-state index contributed by atoms with van der Waals surface area (Å²) in [5.41, 5.74) is 6.11. The van der Waals surface area contributed by atoms with Gasteiger partial charge in [0.2, 0.25) is 5.91 Å². The van der Waals surface area contributed by atoms with Gasteiger partial charge in [-0.25, -0.2) is 0 Å². The van der Waals surface area contributed by atoms with Crippen LogP contribution in [0.5, 0.6) is 5.75 Å². The van der Waals surface area contributed by atoms with Gasteiger partial charge >= 0.3 is 0 Å². The van der Waals surface area contributed by atoms with Crippen molar-refractivity contribution in [3.05, 3.63) is 101 Å². The van der Waals surface area contributed by atoms with E-state index in [2.05, 4.69) is 92.2 Å². The Morgan fingerprint density at radius 3 is 2.29 bits per heavy atom. The van der Waals surface area contributed by atoms with Crippen molar-refractivity contribution in [3.8, 4) is 5.75 Å². The first kappa shape index (κ1) is 26.1. The molecule has 0 bridgehead atoms. The van der Waals surface area contributed by atoms with Crippen LogP contribution >= 0.6 is 0 Å². The number of ether oxygens (including phenoxy) is 2. The summed E-state index contributed by atoms with van der Waals surface area (Å²) in [6.45, 7) is 9.98. The van der Waals surface area contributed by atoms with Gasteiger partial charge in [-0.1, -0.05) is 75.4 Å². The number of fused-ring (bicyclic) bond motifs is 1. The molecular formula is C33H38N2O3. The molecule has 1 amide bonds. The van der Waals surface area contributed by atoms with Crippen LogP contribution in [0, 0.1) is 0 Å². The van der Waals surface area contributed by atoms with Gasteiger partial charge in [0.1, 0.15) is 5.75 Å². The third kappa shape index (κ3) is 5.63. The number of hydrogen-bond acceptors (Lipinski definition) is 3. The van der Waals surface area contributed by atoms with E-state index in [1.165, 1.54) is 33.2 Å². The third-order valence-corrected chi connectivity index (χ3v) is 7.63. The molecule has 5 nitrogen and oxygen atoms in total. The smallest absolute Gasteiger partial charge is 0.223 e. The number of carbonyl (C=O) groups excluding carboxylic acids is 1. The van der Waals surface area contributed by atoms with Crippen LogP contribution in [0.1, 0.15) is 55.4 Å². The first-order chi connectivity index (χ1) is 18.3. The number of nitrogens with zero attached hydrogens (tertiary/aromatic N) is 2. The zero-order chi connectivity index (χ0) is 26.7. The van der Waals surface area contributed by atoms with E-state index >= 15 is 0 Å². The minimum atomic E-state index is -0.0404. The molecule has 0 unspecified atom stereocenters. The van der Waals surface area contributed by atoms with Crippen molar-refractivity contribution in [2.75, 3.05) is 33.4 Å². The molecular weight excluding hydrogens is 472 g/mol. The Morgan fingerprint density at radius 2 is 1.63 bits per heavy atom. The Balaban J connectivity index is 1.55. The molecule has 1 saturated heterocycles. The number of aromatic nitrogens is 1. The summed E-state index contributed by atoms with van der Waals surface area (Å²) in [5, 5.41) is 1.20. The van der Waals surface area contributed by atoms with Crippen molar-refractivity contribution in [2.45, 2.75) is 45.1 Å². The third-order valence-electron chi connectivity index (χ3n) is 7.63. The molecule has 38 heavy (non-hydrogen) atoms. The molecule has 1 aliphatic rings. The Hall–Kier alpha value is -3.57. The van der Waals surface area contributed by atoms with E-state index in [4.69, 9.17) is 9.47 Å². The van der Waals surface area contributed by atoms with E-state index in [0.29, 0.717) is 32.7 Å². The van der Waals surface area contributed by atoms with Crippen LogP contribution in [0.2, 0.25) is 0 Å². The topological polar surface area (TPSA) is 43.7 Å². The van der Waals surface area contributed by atoms with Crippen molar-refractivity contribution in [1.29, 1.82) is 0 Å². The molecule has 0 aliphatic carbocycles. The summed E-state index contributed by atoms with van der Waals surface area (Å²) < 4.78 is 13.1. The van der Waals surface area contributed by atoms with Gasteiger partial charge in [0.25, 0.3) is 0 Å². The van der Waals surface area contributed by atoms with Gasteiger partial charge in [0.15, 0.2) is 0 Å². The summed E-state index contributed by atoms with van der Waals surface area (Å²) in [6, 6.07) is 25.6. The van der Waals surface area contributed by atoms with Crippen LogP contribution in [0.4, 0.5) is 0 Å². The minimum Gasteiger partial charge on any atom is -0.497 e. The average molecular weight is 511 g/mol. The monoisotopic (exact) mass is 510 g/mol. The molecule has 0 N–H and O–H groups in total. The number of morpholine rings is 1. The molecule has 2 heterocycles. The lowest BCUT2D eigenvalue weighted by Crippen LogP contribution is -2.41. The van der Waals surface area contributed by atoms with Gasteiger partial charge in [-0.3, -0.25) is 4.79 Å². The van der Waals surface area contributed by atoms with Crippen molar-refractivity contribution in [3.63, 3.8) is 0 Å². The van der Waals surface area contributed by atoms with E-state index in [1.807, 2.05) is 17.0 Å². The van der Waals surface area contributed by atoms with E-state index in [0.717, 1.165) is 12.3 Å². The predicted molar refractivity (Wildman–Crippen MR) is 153 cm³/mol. The van der Waals surface area contributed by atoms with E-state index < -0.39 is 0 Å². The Bertz CT molecular complexity index is 1370. The van der Waals surface area contributed by atoms with Gasteiger partial charge in [-0.2, -0.15) is 0 Å². The molecule has 5 heteroatoms. The Kier molecular flexibility index (Phi) is 7.57. The van der Waals surface area contributed by atoms with Gasteiger partial charge in [-0.05, 0) is 45.9 Å². The van der Waals surface area contributed by atoms with Crippen LogP contribution in [-0.4, -0.2) is 48.8 Å². The molecule has 1 aliphatic heterocycles. The van der Waals surface area contributed by atoms with Gasteiger partial charge in [0, 0.05) is 49.1 Å². The normalized spacial score (nSPS) is 15.0. The van der Waals surface area contributed by atoms with Crippen LogP contribution in [0.3, 0.4) is 0 Å². The van der Waals surface area contributed by atoms with Crippen molar-refractivity contribution in [2.24, 2.45) is 0 Å². The highest BCUT2D eigenvalue weighted by atomic mass is 16.5. The first-order valence-electron chi connectivity index (χ1n) is 13.5. The fraction of sp³-hybridized carbons (Fsp3) is 0.364. The van der Waals surface area contributed by atoms with Crippen LogP contribution in [0.25, 0.3) is 10.9 Å². The standard InChI is InChI=1S/C33H38N2O3/c1-33(2,3)26-13-11-25(12-14-26)29(21-32(36)34-17-19-38-20-18-34)30-23-35(31-8-6-5-7-28(30)31)22-24-9-15-27(37-4)16-10-24/h5-16,23,29H,17-22H2,1-4H3/t29-/m0/s1. The highest BCUT2D eigenvalue weighted by molar-refractivity contribution is 5.87. The highest BCUT2D eigenvalue weighted by Gasteiger charge is 2.27. The number of hydrogen-bond donors (Lipinski definition) is 0.